The van der Waals surface area contributed by atoms with E-state index >= 15 is 0 Å². The number of benzene rings is 1. The molecule has 39 heavy (non-hydrogen) atoms. The summed E-state index contributed by atoms with van der Waals surface area (Å²) in [6.45, 7) is 7.56. The molecule has 1 amide bonds. The van der Waals surface area contributed by atoms with Crippen molar-refractivity contribution in [2.45, 2.75) is 12.8 Å². The maximum absolute atomic E-state index is 11.9. The normalized spacial score (nSPS) is 14.1. The fourth-order valence-corrected chi connectivity index (χ4v) is 5.18. The number of aromatic nitrogens is 5. The molecule has 0 spiro atoms. The Bertz CT molecular complexity index is 1530. The van der Waals surface area contributed by atoms with Gasteiger partial charge in [0.15, 0.2) is 11.3 Å². The van der Waals surface area contributed by atoms with E-state index in [0.717, 1.165) is 42.8 Å². The van der Waals surface area contributed by atoms with Crippen molar-refractivity contribution in [3.63, 3.8) is 0 Å². The summed E-state index contributed by atoms with van der Waals surface area (Å²) in [5, 5.41) is 13.4. The maximum Gasteiger partial charge on any atom is 0.246 e. The van der Waals surface area contributed by atoms with Gasteiger partial charge in [0.05, 0.1) is 19.2 Å². The number of aryl methyl sites for hydroxylation is 1. The molecule has 1 saturated heterocycles. The molecule has 0 unspecified atom stereocenters. The van der Waals surface area contributed by atoms with Crippen molar-refractivity contribution in [2.24, 2.45) is 0 Å². The minimum Gasteiger partial charge on any atom is -0.497 e. The van der Waals surface area contributed by atoms with Crippen LogP contribution in [0.25, 0.3) is 27.8 Å². The van der Waals surface area contributed by atoms with Crippen LogP contribution in [-0.2, 0) is 11.2 Å². The smallest absolute Gasteiger partial charge is 0.246 e. The number of methoxy groups -OCH3 is 2. The summed E-state index contributed by atoms with van der Waals surface area (Å²) < 4.78 is 13.0. The Hall–Kier alpha value is -3.96. The molecule has 4 heterocycles. The van der Waals surface area contributed by atoms with Crippen LogP contribution in [0, 0.1) is 0 Å². The number of nitrogens with zero attached hydrogens (tertiary/aromatic N) is 7. The van der Waals surface area contributed by atoms with Crippen LogP contribution in [0.5, 0.6) is 11.5 Å². The molecule has 12 heteroatoms. The lowest BCUT2D eigenvalue weighted by Crippen LogP contribution is -2.48. The van der Waals surface area contributed by atoms with E-state index in [1.807, 2.05) is 21.4 Å². The third-order valence-corrected chi connectivity index (χ3v) is 7.38. The van der Waals surface area contributed by atoms with Gasteiger partial charge >= 0.3 is 0 Å². The van der Waals surface area contributed by atoms with Gasteiger partial charge in [0, 0.05) is 68.4 Å². The molecule has 1 aliphatic rings. The predicted octanol–water partition coefficient (Wildman–Crippen LogP) is 3.31. The Morgan fingerprint density at radius 3 is 2.59 bits per heavy atom. The van der Waals surface area contributed by atoms with Crippen LogP contribution in [0.3, 0.4) is 0 Å². The summed E-state index contributed by atoms with van der Waals surface area (Å²) in [7, 11) is 4.95. The van der Waals surface area contributed by atoms with E-state index < -0.39 is 0 Å². The van der Waals surface area contributed by atoms with Crippen molar-refractivity contribution in [3.05, 3.63) is 47.9 Å². The van der Waals surface area contributed by atoms with Crippen molar-refractivity contribution in [2.75, 3.05) is 59.3 Å². The Morgan fingerprint density at radius 2 is 1.90 bits per heavy atom. The van der Waals surface area contributed by atoms with Crippen LogP contribution >= 0.6 is 11.6 Å². The van der Waals surface area contributed by atoms with Crippen LogP contribution in [-0.4, -0.2) is 94.3 Å². The van der Waals surface area contributed by atoms with E-state index in [2.05, 4.69) is 32.0 Å². The molecule has 1 N–H and O–H groups in total. The van der Waals surface area contributed by atoms with Crippen LogP contribution in [0.4, 0.5) is 5.95 Å². The molecule has 0 atom stereocenters. The van der Waals surface area contributed by atoms with Gasteiger partial charge in [-0.15, -0.1) is 10.2 Å². The van der Waals surface area contributed by atoms with E-state index in [9.17, 15) is 4.79 Å². The lowest BCUT2D eigenvalue weighted by atomic mass is 10.0. The highest BCUT2D eigenvalue weighted by Gasteiger charge is 2.22. The zero-order chi connectivity index (χ0) is 27.5. The Kier molecular flexibility index (Phi) is 7.80. The Morgan fingerprint density at radius 1 is 1.10 bits per heavy atom. The maximum atomic E-state index is 11.9. The number of ether oxygens (including phenoxy) is 2. The van der Waals surface area contributed by atoms with Gasteiger partial charge in [-0.2, -0.15) is 4.98 Å². The van der Waals surface area contributed by atoms with Crippen LogP contribution in [0.15, 0.2) is 37.1 Å². The molecule has 0 aliphatic carbocycles. The van der Waals surface area contributed by atoms with Crippen LogP contribution < -0.4 is 14.8 Å². The Balaban J connectivity index is 1.50. The van der Waals surface area contributed by atoms with Crippen molar-refractivity contribution in [1.29, 1.82) is 0 Å². The minimum atomic E-state index is -0.0102. The van der Waals surface area contributed by atoms with Gasteiger partial charge in [-0.05, 0) is 31.2 Å². The predicted molar refractivity (Wildman–Crippen MR) is 151 cm³/mol. The summed E-state index contributed by atoms with van der Waals surface area (Å²) in [5.41, 5.74) is 2.82. The van der Waals surface area contributed by atoms with Gasteiger partial charge in [-0.25, -0.2) is 4.98 Å². The first-order chi connectivity index (χ1) is 19.0. The summed E-state index contributed by atoms with van der Waals surface area (Å²) in [6.07, 6.45) is 4.72. The molecule has 0 radical (unpaired) electrons. The molecule has 204 valence electrons. The number of halogens is 1. The SMILES string of the molecule is C=CC(=O)N1CCN(CCCc2nnc3c(-c4cc(OC)cc(OC)c4Cl)cc4cnc(NC)nc4n23)CC1. The molecule has 0 saturated carbocycles. The van der Waals surface area contributed by atoms with Crippen LogP contribution in [0.1, 0.15) is 12.2 Å². The average molecular weight is 551 g/mol. The highest BCUT2D eigenvalue weighted by molar-refractivity contribution is 6.35. The summed E-state index contributed by atoms with van der Waals surface area (Å²) in [5.74, 6) is 2.40. The molecular weight excluding hydrogens is 520 g/mol. The number of rotatable bonds is 9. The highest BCUT2D eigenvalue weighted by atomic mass is 35.5. The first-order valence-electron chi connectivity index (χ1n) is 12.7. The number of piperazine rings is 1. The first kappa shape index (κ1) is 26.6. The summed E-state index contributed by atoms with van der Waals surface area (Å²) in [4.78, 5) is 25.2. The standard InChI is InChI=1S/C27H31ClN8O3/c1-5-23(37)35-11-9-34(10-12-35)8-6-7-22-32-33-26-20(19-14-18(38-3)15-21(39-4)24(19)28)13-17-16-30-27(29-2)31-25(17)36(22)26/h5,13-16H,1,6-12H2,2-4H3,(H,29,30,31). The van der Waals surface area contributed by atoms with Crippen molar-refractivity contribution < 1.29 is 14.3 Å². The van der Waals surface area contributed by atoms with E-state index in [4.69, 9.17) is 26.1 Å². The highest BCUT2D eigenvalue weighted by Crippen LogP contribution is 2.41. The second kappa shape index (κ2) is 11.4. The monoisotopic (exact) mass is 550 g/mol. The van der Waals surface area contributed by atoms with Gasteiger partial charge in [-0.3, -0.25) is 14.1 Å². The number of pyridine rings is 1. The third kappa shape index (κ3) is 5.19. The second-order valence-electron chi connectivity index (χ2n) is 9.22. The second-order valence-corrected chi connectivity index (χ2v) is 9.60. The van der Waals surface area contributed by atoms with E-state index in [-0.39, 0.29) is 5.91 Å². The zero-order valence-electron chi connectivity index (χ0n) is 22.3. The number of carbonyl (C=O) groups is 1. The molecule has 3 aromatic heterocycles. The van der Waals surface area contributed by atoms with Crippen molar-refractivity contribution in [1.82, 2.24) is 34.4 Å². The molecule has 11 nitrogen and oxygen atoms in total. The van der Waals surface area contributed by atoms with Gasteiger partial charge in [0.25, 0.3) is 0 Å². The average Bonchev–Trinajstić information content (AvgIpc) is 3.41. The number of hydrogen-bond donors (Lipinski definition) is 1. The van der Waals surface area contributed by atoms with Crippen LogP contribution in [0.2, 0.25) is 5.02 Å². The van der Waals surface area contributed by atoms with Gasteiger partial charge in [0.1, 0.15) is 17.3 Å². The lowest BCUT2D eigenvalue weighted by molar-refractivity contribution is -0.127. The molecule has 1 aromatic carbocycles. The van der Waals surface area contributed by atoms with E-state index in [1.165, 1.54) is 6.08 Å². The van der Waals surface area contributed by atoms with E-state index in [1.54, 1.807) is 33.5 Å². The van der Waals surface area contributed by atoms with Crippen molar-refractivity contribution >= 4 is 40.1 Å². The minimum absolute atomic E-state index is 0.0102. The molecule has 1 aliphatic heterocycles. The number of nitrogens with one attached hydrogen (secondary N) is 1. The number of fused-ring (bicyclic) bond motifs is 3. The molecule has 1 fully saturated rings. The zero-order valence-corrected chi connectivity index (χ0v) is 23.0. The number of amides is 1. The number of anilines is 1. The number of carbonyl (C=O) groups excluding carboxylic acids is 1. The first-order valence-corrected chi connectivity index (χ1v) is 13.1. The lowest BCUT2D eigenvalue weighted by Gasteiger charge is -2.34. The number of hydrogen-bond acceptors (Lipinski definition) is 9. The fraction of sp³-hybridized carbons (Fsp3) is 0.370. The molecule has 4 aromatic rings. The topological polar surface area (TPSA) is 110 Å². The summed E-state index contributed by atoms with van der Waals surface area (Å²) in [6, 6.07) is 5.57. The molecule has 5 rings (SSSR count). The largest absolute Gasteiger partial charge is 0.497 e. The quantitative estimate of drug-likeness (QED) is 0.314. The summed E-state index contributed by atoms with van der Waals surface area (Å²) >= 11 is 6.77. The fourth-order valence-electron chi connectivity index (χ4n) is 4.89. The molecular formula is C27H31ClN8O3. The van der Waals surface area contributed by atoms with Gasteiger partial charge in [0.2, 0.25) is 11.9 Å². The van der Waals surface area contributed by atoms with Crippen molar-refractivity contribution in [3.8, 4) is 22.6 Å². The van der Waals surface area contributed by atoms with Gasteiger partial charge in [-0.1, -0.05) is 18.2 Å². The van der Waals surface area contributed by atoms with E-state index in [0.29, 0.717) is 58.8 Å². The third-order valence-electron chi connectivity index (χ3n) is 6.99. The van der Waals surface area contributed by atoms with Gasteiger partial charge < -0.3 is 19.7 Å². The molecule has 0 bridgehead atoms. The Labute approximate surface area is 231 Å².